The van der Waals surface area contributed by atoms with E-state index in [1.54, 1.807) is 0 Å². The summed E-state index contributed by atoms with van der Waals surface area (Å²) in [6.45, 7) is 9.00. The molecule has 0 radical (unpaired) electrons. The Morgan fingerprint density at radius 3 is 1.92 bits per heavy atom. The molecule has 36 heavy (non-hydrogen) atoms. The number of ether oxygens (including phenoxy) is 1. The Morgan fingerprint density at radius 1 is 0.833 bits per heavy atom. The lowest BCUT2D eigenvalue weighted by molar-refractivity contribution is -0.119. The van der Waals surface area contributed by atoms with Gasteiger partial charge < -0.3 is 10.1 Å². The van der Waals surface area contributed by atoms with Crippen LogP contribution in [0.3, 0.4) is 0 Å². The molecule has 188 valence electrons. The zero-order valence-corrected chi connectivity index (χ0v) is 24.3. The monoisotopic (exact) mass is 611 g/mol. The van der Waals surface area contributed by atoms with Crippen molar-refractivity contribution in [3.8, 4) is 5.75 Å². The number of dihydropyridines is 1. The highest BCUT2D eigenvalue weighted by Crippen LogP contribution is 2.51. The van der Waals surface area contributed by atoms with Gasteiger partial charge in [-0.05, 0) is 75.0 Å². The molecule has 6 heteroatoms. The predicted molar refractivity (Wildman–Crippen MR) is 149 cm³/mol. The van der Waals surface area contributed by atoms with Gasteiger partial charge in [-0.15, -0.1) is 0 Å². The molecule has 0 amide bonds. The van der Waals surface area contributed by atoms with Gasteiger partial charge in [-0.25, -0.2) is 0 Å². The maximum absolute atomic E-state index is 13.5. The van der Waals surface area contributed by atoms with Crippen molar-refractivity contribution in [2.24, 2.45) is 10.8 Å². The van der Waals surface area contributed by atoms with Crippen molar-refractivity contribution < 1.29 is 14.3 Å². The molecule has 1 heterocycles. The van der Waals surface area contributed by atoms with Crippen LogP contribution < -0.4 is 10.1 Å². The van der Waals surface area contributed by atoms with Crippen molar-refractivity contribution in [1.82, 2.24) is 5.32 Å². The summed E-state index contributed by atoms with van der Waals surface area (Å²) in [5.74, 6) is 0.649. The molecule has 2 aromatic carbocycles. The van der Waals surface area contributed by atoms with E-state index < -0.39 is 0 Å². The topological polar surface area (TPSA) is 55.4 Å². The van der Waals surface area contributed by atoms with E-state index in [1.165, 1.54) is 0 Å². The molecule has 0 saturated heterocycles. The molecule has 0 bridgehead atoms. The molecule has 0 saturated carbocycles. The van der Waals surface area contributed by atoms with Crippen molar-refractivity contribution in [2.75, 3.05) is 0 Å². The summed E-state index contributed by atoms with van der Waals surface area (Å²) in [7, 11) is 0. The Kier molecular flexibility index (Phi) is 6.57. The molecule has 2 aliphatic carbocycles. The van der Waals surface area contributed by atoms with Crippen molar-refractivity contribution in [3.63, 3.8) is 0 Å². The summed E-state index contributed by atoms with van der Waals surface area (Å²) in [5, 5.41) is 3.58. The second-order valence-electron chi connectivity index (χ2n) is 11.8. The van der Waals surface area contributed by atoms with Crippen LogP contribution in [0.5, 0.6) is 5.75 Å². The lowest BCUT2D eigenvalue weighted by atomic mass is 9.64. The van der Waals surface area contributed by atoms with Crippen LogP contribution in [0, 0.1) is 10.8 Å². The van der Waals surface area contributed by atoms with E-state index in [9.17, 15) is 9.59 Å². The molecule has 4 nitrogen and oxygen atoms in total. The Bertz CT molecular complexity index is 1270. The number of carbonyl (C=O) groups excluding carboxylic acids is 2. The number of hydrogen-bond donors (Lipinski definition) is 1. The van der Waals surface area contributed by atoms with E-state index in [0.29, 0.717) is 19.4 Å². The van der Waals surface area contributed by atoms with E-state index in [1.807, 2.05) is 42.5 Å². The molecule has 0 atom stereocenters. The maximum atomic E-state index is 13.5. The lowest BCUT2D eigenvalue weighted by Gasteiger charge is -2.44. The molecule has 3 aliphatic rings. The van der Waals surface area contributed by atoms with Crippen molar-refractivity contribution >= 4 is 43.4 Å². The first-order valence-electron chi connectivity index (χ1n) is 12.4. The normalized spacial score (nSPS) is 21.2. The van der Waals surface area contributed by atoms with Crippen LogP contribution in [0.25, 0.3) is 0 Å². The first-order valence-corrected chi connectivity index (χ1v) is 14.0. The number of allylic oxidation sites excluding steroid dienone is 4. The fourth-order valence-electron chi connectivity index (χ4n) is 5.78. The first kappa shape index (κ1) is 25.5. The summed E-state index contributed by atoms with van der Waals surface area (Å²) in [6.07, 6.45) is 2.57. The van der Waals surface area contributed by atoms with Gasteiger partial charge in [-0.1, -0.05) is 61.8 Å². The zero-order chi connectivity index (χ0) is 25.8. The minimum atomic E-state index is -0.347. The Hall–Kier alpha value is -2.18. The van der Waals surface area contributed by atoms with Crippen LogP contribution in [0.15, 0.2) is 74.0 Å². The maximum Gasteiger partial charge on any atom is 0.162 e. The van der Waals surface area contributed by atoms with Gasteiger partial charge in [-0.3, -0.25) is 9.59 Å². The third-order valence-corrected chi connectivity index (χ3v) is 8.46. The van der Waals surface area contributed by atoms with Gasteiger partial charge in [-0.2, -0.15) is 0 Å². The van der Waals surface area contributed by atoms with Gasteiger partial charge in [0.2, 0.25) is 0 Å². The molecule has 0 aromatic heterocycles. The SMILES string of the molecule is CC1(C)CC(=O)C2=C(C1)NC1=C(C(=O)CC(C)(C)C1)C2c1ccc(OCc2ccc(Br)cc2)c(Br)c1. The van der Waals surface area contributed by atoms with Crippen LogP contribution in [0.2, 0.25) is 0 Å². The molecule has 0 fully saturated rings. The largest absolute Gasteiger partial charge is 0.488 e. The van der Waals surface area contributed by atoms with Crippen LogP contribution in [-0.4, -0.2) is 11.6 Å². The molecule has 0 unspecified atom stereocenters. The molecule has 0 spiro atoms. The molecular formula is C30H31Br2NO3. The number of rotatable bonds is 4. The smallest absolute Gasteiger partial charge is 0.162 e. The van der Waals surface area contributed by atoms with Gasteiger partial charge >= 0.3 is 0 Å². The second kappa shape index (κ2) is 9.29. The molecule has 1 N–H and O–H groups in total. The summed E-state index contributed by atoms with van der Waals surface area (Å²) < 4.78 is 7.92. The second-order valence-corrected chi connectivity index (χ2v) is 13.6. The summed E-state index contributed by atoms with van der Waals surface area (Å²) in [6, 6.07) is 14.0. The van der Waals surface area contributed by atoms with E-state index in [0.717, 1.165) is 61.2 Å². The average Bonchev–Trinajstić information content (AvgIpc) is 2.76. The number of carbonyl (C=O) groups is 2. The third-order valence-electron chi connectivity index (χ3n) is 7.32. The van der Waals surface area contributed by atoms with Crippen LogP contribution in [0.4, 0.5) is 0 Å². The predicted octanol–water partition coefficient (Wildman–Crippen LogP) is 7.76. The standard InChI is InChI=1S/C30H31Br2NO3/c1-29(2)12-21-27(23(34)14-29)26(28-22(33-21)13-30(3,4)15-24(28)35)18-7-10-25(20(32)11-18)36-16-17-5-8-19(31)9-6-17/h5-11,26,33H,12-16H2,1-4H3. The average molecular weight is 613 g/mol. The van der Waals surface area contributed by atoms with E-state index in [4.69, 9.17) is 4.74 Å². The quantitative estimate of drug-likeness (QED) is 0.383. The zero-order valence-electron chi connectivity index (χ0n) is 21.1. The molecule has 2 aromatic rings. The summed E-state index contributed by atoms with van der Waals surface area (Å²) >= 11 is 7.15. The fraction of sp³-hybridized carbons (Fsp3) is 0.400. The van der Waals surface area contributed by atoms with E-state index in [2.05, 4.69) is 64.9 Å². The summed E-state index contributed by atoms with van der Waals surface area (Å²) in [4.78, 5) is 27.0. The van der Waals surface area contributed by atoms with Crippen LogP contribution >= 0.6 is 31.9 Å². The molecule has 1 aliphatic heterocycles. The Balaban J connectivity index is 1.52. The van der Waals surface area contributed by atoms with Gasteiger partial charge in [0.15, 0.2) is 11.6 Å². The first-order chi connectivity index (χ1) is 16.9. The minimum Gasteiger partial charge on any atom is -0.488 e. The van der Waals surface area contributed by atoms with E-state index in [-0.39, 0.29) is 28.3 Å². The number of Topliss-reactive ketones (excluding diaryl/α,β-unsaturated/α-hetero) is 2. The van der Waals surface area contributed by atoms with Gasteiger partial charge in [0, 0.05) is 45.8 Å². The Morgan fingerprint density at radius 2 is 1.39 bits per heavy atom. The van der Waals surface area contributed by atoms with Gasteiger partial charge in [0.25, 0.3) is 0 Å². The number of halogens is 2. The highest BCUT2D eigenvalue weighted by molar-refractivity contribution is 9.10. The third kappa shape index (κ3) is 4.99. The van der Waals surface area contributed by atoms with Crippen molar-refractivity contribution in [2.45, 2.75) is 65.9 Å². The number of ketones is 2. The fourth-order valence-corrected chi connectivity index (χ4v) is 6.55. The number of benzene rings is 2. The molecule has 5 rings (SSSR count). The summed E-state index contributed by atoms with van der Waals surface area (Å²) in [5.41, 5.74) is 5.29. The van der Waals surface area contributed by atoms with E-state index >= 15 is 0 Å². The Labute approximate surface area is 229 Å². The van der Waals surface area contributed by atoms with Crippen molar-refractivity contribution in [3.05, 3.63) is 85.1 Å². The lowest BCUT2D eigenvalue weighted by Crippen LogP contribution is -2.42. The van der Waals surface area contributed by atoms with Crippen LogP contribution in [-0.2, 0) is 16.2 Å². The minimum absolute atomic E-state index is 0.106. The number of nitrogens with one attached hydrogen (secondary N) is 1. The van der Waals surface area contributed by atoms with Gasteiger partial charge in [0.1, 0.15) is 12.4 Å². The highest BCUT2D eigenvalue weighted by Gasteiger charge is 2.46. The van der Waals surface area contributed by atoms with Crippen LogP contribution in [0.1, 0.15) is 70.4 Å². The van der Waals surface area contributed by atoms with Gasteiger partial charge in [0.05, 0.1) is 4.47 Å². The van der Waals surface area contributed by atoms with Crippen molar-refractivity contribution in [1.29, 1.82) is 0 Å². The molecular weight excluding hydrogens is 582 g/mol. The highest BCUT2D eigenvalue weighted by atomic mass is 79.9. The number of hydrogen-bond acceptors (Lipinski definition) is 4.